The molecular weight excluding hydrogens is 182 g/mol. The van der Waals surface area contributed by atoms with Crippen LogP contribution in [0.25, 0.3) is 0 Å². The Labute approximate surface area is 92.7 Å². The van der Waals surface area contributed by atoms with E-state index in [1.54, 1.807) is 0 Å². The molecule has 1 heteroatoms. The number of nitrogens with zero attached hydrogens (tertiary/aromatic N) is 1. The Morgan fingerprint density at radius 2 is 2.00 bits per heavy atom. The predicted molar refractivity (Wildman–Crippen MR) is 63.8 cm³/mol. The van der Waals surface area contributed by atoms with E-state index in [4.69, 9.17) is 5.26 Å². The van der Waals surface area contributed by atoms with Crippen molar-refractivity contribution in [1.82, 2.24) is 0 Å². The first-order valence-corrected chi connectivity index (χ1v) is 5.49. The standard InChI is InChI=1S/C14H19N/c1-5-11(10-15)12-7-6-8-13(9-12)14(2,3)4/h6-9,11H,5H2,1-4H3. The van der Waals surface area contributed by atoms with Gasteiger partial charge in [-0.05, 0) is 23.0 Å². The van der Waals surface area contributed by atoms with E-state index in [-0.39, 0.29) is 11.3 Å². The number of rotatable bonds is 2. The maximum absolute atomic E-state index is 9.02. The molecule has 0 aliphatic carbocycles. The molecule has 0 N–H and O–H groups in total. The highest BCUT2D eigenvalue weighted by atomic mass is 14.3. The van der Waals surface area contributed by atoms with Crippen molar-refractivity contribution < 1.29 is 0 Å². The van der Waals surface area contributed by atoms with Gasteiger partial charge in [-0.3, -0.25) is 0 Å². The van der Waals surface area contributed by atoms with Crippen LogP contribution in [-0.2, 0) is 5.41 Å². The van der Waals surface area contributed by atoms with E-state index in [2.05, 4.69) is 52.0 Å². The van der Waals surface area contributed by atoms with Gasteiger partial charge < -0.3 is 0 Å². The minimum Gasteiger partial charge on any atom is -0.198 e. The van der Waals surface area contributed by atoms with E-state index in [0.717, 1.165) is 12.0 Å². The monoisotopic (exact) mass is 201 g/mol. The third-order valence-corrected chi connectivity index (χ3v) is 2.72. The molecule has 1 atom stereocenters. The van der Waals surface area contributed by atoms with Crippen LogP contribution in [0.3, 0.4) is 0 Å². The van der Waals surface area contributed by atoms with Gasteiger partial charge in [-0.1, -0.05) is 52.0 Å². The first-order valence-electron chi connectivity index (χ1n) is 5.49. The first-order chi connectivity index (χ1) is 6.99. The lowest BCUT2D eigenvalue weighted by molar-refractivity contribution is 0.588. The maximum atomic E-state index is 9.02. The van der Waals surface area contributed by atoms with Crippen LogP contribution in [0.1, 0.15) is 51.2 Å². The smallest absolute Gasteiger partial charge is 0.0710 e. The van der Waals surface area contributed by atoms with Crippen molar-refractivity contribution in [3.8, 4) is 6.07 Å². The molecule has 0 amide bonds. The SMILES string of the molecule is CCC(C#N)c1cccc(C(C)(C)C)c1. The van der Waals surface area contributed by atoms with Crippen LogP contribution in [0.4, 0.5) is 0 Å². The average molecular weight is 201 g/mol. The summed E-state index contributed by atoms with van der Waals surface area (Å²) in [5.74, 6) is 0.0345. The van der Waals surface area contributed by atoms with E-state index < -0.39 is 0 Å². The lowest BCUT2D eigenvalue weighted by atomic mass is 9.84. The fraction of sp³-hybridized carbons (Fsp3) is 0.500. The Kier molecular flexibility index (Phi) is 3.52. The van der Waals surface area contributed by atoms with Gasteiger partial charge in [0.2, 0.25) is 0 Å². The molecule has 15 heavy (non-hydrogen) atoms. The lowest BCUT2D eigenvalue weighted by Gasteiger charge is -2.20. The summed E-state index contributed by atoms with van der Waals surface area (Å²) in [5.41, 5.74) is 2.60. The van der Waals surface area contributed by atoms with Gasteiger partial charge in [-0.2, -0.15) is 5.26 Å². The molecule has 0 fully saturated rings. The molecule has 0 aliphatic heterocycles. The highest BCUT2D eigenvalue weighted by molar-refractivity contribution is 5.33. The van der Waals surface area contributed by atoms with E-state index in [0.29, 0.717) is 0 Å². The first kappa shape index (κ1) is 11.8. The molecule has 1 unspecified atom stereocenters. The number of benzene rings is 1. The van der Waals surface area contributed by atoms with Crippen molar-refractivity contribution in [2.45, 2.75) is 45.4 Å². The highest BCUT2D eigenvalue weighted by Gasteiger charge is 2.15. The Morgan fingerprint density at radius 1 is 1.33 bits per heavy atom. The van der Waals surface area contributed by atoms with Crippen molar-refractivity contribution in [1.29, 1.82) is 5.26 Å². The number of nitriles is 1. The van der Waals surface area contributed by atoms with Crippen LogP contribution in [0.15, 0.2) is 24.3 Å². The van der Waals surface area contributed by atoms with Crippen molar-refractivity contribution in [2.75, 3.05) is 0 Å². The summed E-state index contributed by atoms with van der Waals surface area (Å²) >= 11 is 0. The highest BCUT2D eigenvalue weighted by Crippen LogP contribution is 2.26. The van der Waals surface area contributed by atoms with Gasteiger partial charge in [0.15, 0.2) is 0 Å². The summed E-state index contributed by atoms with van der Waals surface area (Å²) in [6, 6.07) is 10.7. The molecule has 1 aromatic carbocycles. The second-order valence-electron chi connectivity index (χ2n) is 4.97. The van der Waals surface area contributed by atoms with Crippen molar-refractivity contribution in [2.24, 2.45) is 0 Å². The fourth-order valence-electron chi connectivity index (χ4n) is 1.62. The minimum absolute atomic E-state index is 0.0345. The van der Waals surface area contributed by atoms with Crippen LogP contribution >= 0.6 is 0 Å². The zero-order chi connectivity index (χ0) is 11.5. The van der Waals surface area contributed by atoms with E-state index in [1.165, 1.54) is 5.56 Å². The maximum Gasteiger partial charge on any atom is 0.0710 e. The van der Waals surface area contributed by atoms with Crippen molar-refractivity contribution in [3.05, 3.63) is 35.4 Å². The van der Waals surface area contributed by atoms with Gasteiger partial charge in [0.05, 0.1) is 12.0 Å². The zero-order valence-electron chi connectivity index (χ0n) is 10.0. The minimum atomic E-state index is 0.0345. The topological polar surface area (TPSA) is 23.8 Å². The molecule has 0 saturated heterocycles. The Morgan fingerprint density at radius 3 is 2.47 bits per heavy atom. The number of hydrogen-bond acceptors (Lipinski definition) is 1. The molecule has 0 saturated carbocycles. The Bertz CT molecular complexity index is 366. The summed E-state index contributed by atoms with van der Waals surface area (Å²) in [6.45, 7) is 8.63. The Balaban J connectivity index is 3.09. The molecule has 0 radical (unpaired) electrons. The van der Waals surface area contributed by atoms with Crippen LogP contribution in [0.5, 0.6) is 0 Å². The summed E-state index contributed by atoms with van der Waals surface area (Å²) in [7, 11) is 0. The van der Waals surface area contributed by atoms with Gasteiger partial charge in [0, 0.05) is 0 Å². The second-order valence-corrected chi connectivity index (χ2v) is 4.97. The van der Waals surface area contributed by atoms with Crippen LogP contribution < -0.4 is 0 Å². The lowest BCUT2D eigenvalue weighted by Crippen LogP contribution is -2.11. The van der Waals surface area contributed by atoms with Gasteiger partial charge in [-0.15, -0.1) is 0 Å². The van der Waals surface area contributed by atoms with Gasteiger partial charge in [0.25, 0.3) is 0 Å². The molecule has 1 nitrogen and oxygen atoms in total. The molecule has 0 heterocycles. The Hall–Kier alpha value is -1.29. The summed E-state index contributed by atoms with van der Waals surface area (Å²) in [5, 5.41) is 9.02. The molecule has 0 bridgehead atoms. The third kappa shape index (κ3) is 2.83. The summed E-state index contributed by atoms with van der Waals surface area (Å²) < 4.78 is 0. The second kappa shape index (κ2) is 4.49. The largest absolute Gasteiger partial charge is 0.198 e. The molecular formula is C14H19N. The number of hydrogen-bond donors (Lipinski definition) is 0. The zero-order valence-corrected chi connectivity index (χ0v) is 10.0. The predicted octanol–water partition coefficient (Wildman–Crippen LogP) is 4.00. The summed E-state index contributed by atoms with van der Waals surface area (Å²) in [6.07, 6.45) is 0.879. The summed E-state index contributed by atoms with van der Waals surface area (Å²) in [4.78, 5) is 0. The molecule has 0 aromatic heterocycles. The molecule has 0 aliphatic rings. The van der Waals surface area contributed by atoms with Crippen LogP contribution in [0.2, 0.25) is 0 Å². The quantitative estimate of drug-likeness (QED) is 0.709. The molecule has 0 spiro atoms. The van der Waals surface area contributed by atoms with Gasteiger partial charge in [-0.25, -0.2) is 0 Å². The van der Waals surface area contributed by atoms with Crippen molar-refractivity contribution in [3.63, 3.8) is 0 Å². The van der Waals surface area contributed by atoms with E-state index in [1.807, 2.05) is 6.07 Å². The van der Waals surface area contributed by atoms with Crippen LogP contribution in [0, 0.1) is 11.3 Å². The van der Waals surface area contributed by atoms with E-state index in [9.17, 15) is 0 Å². The fourth-order valence-corrected chi connectivity index (χ4v) is 1.62. The molecule has 1 aromatic rings. The van der Waals surface area contributed by atoms with Gasteiger partial charge in [0.1, 0.15) is 0 Å². The van der Waals surface area contributed by atoms with Gasteiger partial charge >= 0.3 is 0 Å². The van der Waals surface area contributed by atoms with Crippen LogP contribution in [-0.4, -0.2) is 0 Å². The third-order valence-electron chi connectivity index (χ3n) is 2.72. The average Bonchev–Trinajstić information content (AvgIpc) is 2.19. The van der Waals surface area contributed by atoms with E-state index >= 15 is 0 Å². The normalized spacial score (nSPS) is 13.3. The molecule has 80 valence electrons. The molecule has 1 rings (SSSR count). The van der Waals surface area contributed by atoms with Crippen molar-refractivity contribution >= 4 is 0 Å².